The number of benzene rings is 1. The fourth-order valence-electron chi connectivity index (χ4n) is 3.31. The molecule has 0 aliphatic rings. The summed E-state index contributed by atoms with van der Waals surface area (Å²) in [4.78, 5) is 0. The Morgan fingerprint density at radius 1 is 1.04 bits per heavy atom. The first-order valence-corrected chi connectivity index (χ1v) is 9.64. The topological polar surface area (TPSA) is 32.3 Å². The van der Waals surface area contributed by atoms with Crippen molar-refractivity contribution in [1.82, 2.24) is 0 Å². The molecule has 0 heterocycles. The molecule has 0 bridgehead atoms. The zero-order valence-corrected chi connectivity index (χ0v) is 20.6. The van der Waals surface area contributed by atoms with Crippen molar-refractivity contribution in [3.05, 3.63) is 50.2 Å². The van der Waals surface area contributed by atoms with Gasteiger partial charge in [0.15, 0.2) is 0 Å². The number of halogens is 1. The van der Waals surface area contributed by atoms with E-state index in [-0.39, 0.29) is 71.4 Å². The predicted octanol–water partition coefficient (Wildman–Crippen LogP) is -1.44. The van der Waals surface area contributed by atoms with Gasteiger partial charge in [0.1, 0.15) is 0 Å². The molecule has 0 fully saturated rings. The molecular formula is C20H35ClLiNiO2P-2. The van der Waals surface area contributed by atoms with E-state index in [1.54, 1.807) is 0 Å². The van der Waals surface area contributed by atoms with Gasteiger partial charge in [-0.25, -0.2) is 0 Å². The third-order valence-corrected chi connectivity index (χ3v) is 8.80. The van der Waals surface area contributed by atoms with E-state index in [4.69, 9.17) is 4.74 Å². The van der Waals surface area contributed by atoms with Gasteiger partial charge in [0.25, 0.3) is 0 Å². The smallest absolute Gasteiger partial charge is 1.00 e. The summed E-state index contributed by atoms with van der Waals surface area (Å²) in [6, 6.07) is 9.36. The van der Waals surface area contributed by atoms with Crippen molar-refractivity contribution in [3.8, 4) is 0 Å². The van der Waals surface area contributed by atoms with E-state index in [9.17, 15) is 5.11 Å². The quantitative estimate of drug-likeness (QED) is 0.244. The zero-order valence-electron chi connectivity index (χ0n) is 17.9. The van der Waals surface area contributed by atoms with Crippen LogP contribution in [0.1, 0.15) is 47.1 Å². The van der Waals surface area contributed by atoms with Crippen molar-refractivity contribution in [3.63, 3.8) is 0 Å². The summed E-state index contributed by atoms with van der Waals surface area (Å²) in [7, 11) is 0.682. The Balaban J connectivity index is -0.000000605. The van der Waals surface area contributed by atoms with E-state index in [0.717, 1.165) is 6.16 Å². The molecule has 0 radical (unpaired) electrons. The van der Waals surface area contributed by atoms with Gasteiger partial charge in [0.2, 0.25) is 0 Å². The van der Waals surface area contributed by atoms with Crippen molar-refractivity contribution >= 4 is 7.92 Å². The maximum atomic E-state index is 13.3. The molecule has 0 spiro atoms. The minimum atomic E-state index is -1.58. The van der Waals surface area contributed by atoms with Gasteiger partial charge in [0, 0.05) is 37.7 Å². The number of hydrogen-bond donors (Lipinski definition) is 0. The third-order valence-electron chi connectivity index (χ3n) is 4.28. The fourth-order valence-corrected chi connectivity index (χ4v) is 7.55. The molecule has 0 aliphatic carbocycles. The number of ether oxygens (including phenoxy) is 1. The summed E-state index contributed by atoms with van der Waals surface area (Å²) < 4.78 is 5.41. The predicted molar refractivity (Wildman–Crippen MR) is 103 cm³/mol. The van der Waals surface area contributed by atoms with Crippen molar-refractivity contribution in [2.75, 3.05) is 13.3 Å². The summed E-state index contributed by atoms with van der Waals surface area (Å²) >= 11 is 0. The van der Waals surface area contributed by atoms with Crippen LogP contribution in [-0.4, -0.2) is 23.6 Å². The van der Waals surface area contributed by atoms with Crippen LogP contribution in [0, 0.1) is 20.3 Å². The SMILES string of the molecule is [CH2-]C(C[PH+](C(C)(C)C)C(C)(C)C)C([O-])(OC)c1ccccc1.[CH3-].[Cl-].[Li+].[Ni]. The van der Waals surface area contributed by atoms with E-state index < -0.39 is 13.7 Å². The van der Waals surface area contributed by atoms with Crippen LogP contribution >= 0.6 is 7.92 Å². The standard InChI is InChI=1S/C19H31O2P.CH3.ClH.Li.Ni/c1-15(14-22(17(2,3)4)18(5,6)7)19(20,21-8)16-12-10-9-11-13-16;;;;/h9-13,15H,1,14H2,2-8H3;1H3;1H;;/q-2;-1;;+1;. The van der Waals surface area contributed by atoms with Crippen LogP contribution in [0.5, 0.6) is 0 Å². The fraction of sp³-hybridized carbons (Fsp3) is 0.600. The Kier molecular flexibility index (Phi) is 17.5. The Hall–Kier alpha value is 0.951. The Bertz CT molecular complexity index is 463. The normalized spacial score (nSPS) is 14.7. The average Bonchev–Trinajstić information content (AvgIpc) is 2.42. The second kappa shape index (κ2) is 13.2. The van der Waals surface area contributed by atoms with Crippen LogP contribution in [-0.2, 0) is 27.0 Å². The first-order chi connectivity index (χ1) is 9.93. The molecule has 2 nitrogen and oxygen atoms in total. The van der Waals surface area contributed by atoms with Gasteiger partial charge in [0.05, 0.1) is 10.3 Å². The van der Waals surface area contributed by atoms with Crippen LogP contribution in [0.3, 0.4) is 0 Å². The molecular weight excluding hydrogens is 404 g/mol. The summed E-state index contributed by atoms with van der Waals surface area (Å²) in [6.07, 6.45) is 0.837. The van der Waals surface area contributed by atoms with E-state index in [0.29, 0.717) is 5.56 Å². The number of hydrogen-bond acceptors (Lipinski definition) is 2. The largest absolute Gasteiger partial charge is 1.00 e. The van der Waals surface area contributed by atoms with Crippen LogP contribution < -0.4 is 36.4 Å². The number of methoxy groups -OCH3 is 1. The third kappa shape index (κ3) is 8.97. The molecule has 1 aromatic carbocycles. The minimum Gasteiger partial charge on any atom is -1.00 e. The van der Waals surface area contributed by atoms with Crippen LogP contribution in [0.4, 0.5) is 0 Å². The molecule has 0 aliphatic heterocycles. The molecule has 152 valence electrons. The molecule has 6 heteroatoms. The van der Waals surface area contributed by atoms with Gasteiger partial charge in [-0.1, -0.05) is 30.3 Å². The molecule has 2 unspecified atom stereocenters. The van der Waals surface area contributed by atoms with Crippen molar-refractivity contribution in [1.29, 1.82) is 0 Å². The van der Waals surface area contributed by atoms with Crippen LogP contribution in [0.15, 0.2) is 30.3 Å². The van der Waals surface area contributed by atoms with Gasteiger partial charge in [-0.15, -0.1) is 5.92 Å². The van der Waals surface area contributed by atoms with Gasteiger partial charge >= 0.3 is 18.9 Å². The first-order valence-electron chi connectivity index (χ1n) is 7.94. The maximum Gasteiger partial charge on any atom is 1.00 e. The Morgan fingerprint density at radius 3 is 1.73 bits per heavy atom. The second-order valence-electron chi connectivity index (χ2n) is 8.12. The Morgan fingerprint density at radius 2 is 1.42 bits per heavy atom. The maximum absolute atomic E-state index is 13.3. The molecule has 0 saturated heterocycles. The molecule has 0 N–H and O–H groups in total. The summed E-state index contributed by atoms with van der Waals surface area (Å²) in [5.41, 5.74) is 0.668. The molecule has 1 aromatic rings. The summed E-state index contributed by atoms with van der Waals surface area (Å²) in [5, 5.41) is 13.7. The Labute approximate surface area is 191 Å². The molecule has 26 heavy (non-hydrogen) atoms. The molecule has 1 rings (SSSR count). The molecule has 0 aromatic heterocycles. The van der Waals surface area contributed by atoms with Crippen molar-refractivity contribution < 1.29 is 57.6 Å². The van der Waals surface area contributed by atoms with Crippen LogP contribution in [0.25, 0.3) is 0 Å². The van der Waals surface area contributed by atoms with E-state index in [1.807, 2.05) is 30.3 Å². The van der Waals surface area contributed by atoms with Crippen molar-refractivity contribution in [2.45, 2.75) is 57.6 Å². The monoisotopic (exact) mass is 438 g/mol. The van der Waals surface area contributed by atoms with Gasteiger partial charge < -0.3 is 36.6 Å². The van der Waals surface area contributed by atoms with E-state index in [2.05, 4.69) is 48.5 Å². The van der Waals surface area contributed by atoms with Crippen LogP contribution in [0.2, 0.25) is 0 Å². The summed E-state index contributed by atoms with van der Waals surface area (Å²) in [5.74, 6) is -1.89. The van der Waals surface area contributed by atoms with Gasteiger partial charge in [-0.05, 0) is 52.9 Å². The van der Waals surface area contributed by atoms with E-state index in [1.165, 1.54) is 7.11 Å². The van der Waals surface area contributed by atoms with Gasteiger partial charge in [-0.3, -0.25) is 0 Å². The second-order valence-corrected chi connectivity index (χ2v) is 12.5. The average molecular weight is 440 g/mol. The van der Waals surface area contributed by atoms with Gasteiger partial charge in [-0.2, -0.15) is 0 Å². The molecule has 0 amide bonds. The van der Waals surface area contributed by atoms with E-state index >= 15 is 0 Å². The first kappa shape index (κ1) is 34.5. The summed E-state index contributed by atoms with van der Waals surface area (Å²) in [6.45, 7) is 17.9. The number of rotatable bonds is 5. The van der Waals surface area contributed by atoms with Crippen molar-refractivity contribution in [2.24, 2.45) is 5.92 Å². The zero-order chi connectivity index (χ0) is 17.2. The molecule has 2 atom stereocenters. The molecule has 0 saturated carbocycles. The minimum absolute atomic E-state index is 0.